The van der Waals surface area contributed by atoms with E-state index in [1.807, 2.05) is 49.4 Å². The van der Waals surface area contributed by atoms with E-state index in [0.717, 1.165) is 11.1 Å². The first kappa shape index (κ1) is 18.3. The lowest BCUT2D eigenvalue weighted by atomic mass is 10.0. The zero-order valence-electron chi connectivity index (χ0n) is 15.3. The average Bonchev–Trinajstić information content (AvgIpc) is 3.16. The lowest BCUT2D eigenvalue weighted by molar-refractivity contribution is -0.117. The van der Waals surface area contributed by atoms with Crippen LogP contribution in [-0.4, -0.2) is 27.3 Å². The van der Waals surface area contributed by atoms with E-state index in [1.165, 1.54) is 6.33 Å². The molecule has 0 unspecified atom stereocenters. The first-order chi connectivity index (χ1) is 13.7. The third kappa shape index (κ3) is 3.66. The van der Waals surface area contributed by atoms with E-state index >= 15 is 0 Å². The summed E-state index contributed by atoms with van der Waals surface area (Å²) in [6.45, 7) is 2.73. The molecule has 0 bridgehead atoms. The van der Waals surface area contributed by atoms with Crippen molar-refractivity contribution in [2.75, 3.05) is 11.9 Å². The monoisotopic (exact) mass is 398 g/mol. The summed E-state index contributed by atoms with van der Waals surface area (Å²) in [4.78, 5) is 16.1. The number of anilines is 1. The Morgan fingerprint density at radius 2 is 2.07 bits per heavy atom. The summed E-state index contributed by atoms with van der Waals surface area (Å²) in [5.74, 6) is 1.57. The quantitative estimate of drug-likeness (QED) is 0.682. The van der Waals surface area contributed by atoms with Crippen LogP contribution in [0.2, 0.25) is 5.02 Å². The van der Waals surface area contributed by atoms with E-state index in [1.54, 1.807) is 4.68 Å². The van der Waals surface area contributed by atoms with Crippen molar-refractivity contribution in [3.05, 3.63) is 64.9 Å². The Kier molecular flexibility index (Phi) is 5.16. The second kappa shape index (κ2) is 7.90. The van der Waals surface area contributed by atoms with Crippen LogP contribution in [-0.2, 0) is 11.4 Å². The van der Waals surface area contributed by atoms with E-state index < -0.39 is 0 Å². The molecule has 0 saturated carbocycles. The van der Waals surface area contributed by atoms with Gasteiger partial charge in [0.05, 0.1) is 19.1 Å². The third-order valence-electron chi connectivity index (χ3n) is 4.49. The smallest absolute Gasteiger partial charge is 0.229 e. The lowest BCUT2D eigenvalue weighted by Crippen LogP contribution is -2.29. The molecule has 0 fully saturated rings. The molecule has 1 N–H and O–H groups in total. The predicted molar refractivity (Wildman–Crippen MR) is 105 cm³/mol. The summed E-state index contributed by atoms with van der Waals surface area (Å²) in [5.41, 5.74) is 1.79. The van der Waals surface area contributed by atoms with Gasteiger partial charge in [0.25, 0.3) is 0 Å². The van der Waals surface area contributed by atoms with Crippen LogP contribution < -0.4 is 14.8 Å². The highest BCUT2D eigenvalue weighted by Gasteiger charge is 2.28. The molecule has 0 saturated heterocycles. The molecule has 1 atom stereocenters. The number of hydrogen-bond donors (Lipinski definition) is 1. The van der Waals surface area contributed by atoms with Gasteiger partial charge in [-0.2, -0.15) is 10.1 Å². The number of amides is 1. The third-order valence-corrected chi connectivity index (χ3v) is 4.86. The maximum absolute atomic E-state index is 12.0. The van der Waals surface area contributed by atoms with Gasteiger partial charge in [-0.05, 0) is 30.7 Å². The Hall–Kier alpha value is -3.06. The van der Waals surface area contributed by atoms with Gasteiger partial charge in [-0.3, -0.25) is 10.1 Å². The minimum Gasteiger partial charge on any atom is -0.490 e. The molecule has 0 spiro atoms. The second-order valence-electron chi connectivity index (χ2n) is 6.32. The second-order valence-corrected chi connectivity index (χ2v) is 6.72. The van der Waals surface area contributed by atoms with Crippen LogP contribution in [0.3, 0.4) is 0 Å². The van der Waals surface area contributed by atoms with Crippen LogP contribution in [0.25, 0.3) is 0 Å². The van der Waals surface area contributed by atoms with Crippen molar-refractivity contribution < 1.29 is 14.3 Å². The van der Waals surface area contributed by atoms with Crippen molar-refractivity contribution in [1.82, 2.24) is 14.8 Å². The van der Waals surface area contributed by atoms with Gasteiger partial charge in [0.2, 0.25) is 11.9 Å². The average molecular weight is 399 g/mol. The predicted octanol–water partition coefficient (Wildman–Crippen LogP) is 3.84. The number of nitrogens with one attached hydrogen (secondary N) is 1. The maximum atomic E-state index is 12.0. The van der Waals surface area contributed by atoms with Gasteiger partial charge in [-0.15, -0.1) is 0 Å². The molecule has 2 aromatic carbocycles. The molecule has 0 radical (unpaired) electrons. The number of rotatable bonds is 6. The number of fused-ring (bicyclic) bond motifs is 1. The fourth-order valence-electron chi connectivity index (χ4n) is 3.15. The molecule has 28 heavy (non-hydrogen) atoms. The molecule has 4 rings (SSSR count). The lowest BCUT2D eigenvalue weighted by Gasteiger charge is -2.24. The molecule has 144 valence electrons. The molecule has 3 aromatic rings. The zero-order chi connectivity index (χ0) is 19.5. The first-order valence-electron chi connectivity index (χ1n) is 8.98. The van der Waals surface area contributed by atoms with E-state index in [2.05, 4.69) is 15.4 Å². The van der Waals surface area contributed by atoms with E-state index in [9.17, 15) is 4.79 Å². The number of aromatic nitrogens is 3. The van der Waals surface area contributed by atoms with Crippen molar-refractivity contribution in [1.29, 1.82) is 0 Å². The van der Waals surface area contributed by atoms with Crippen LogP contribution in [0.1, 0.15) is 30.5 Å². The maximum Gasteiger partial charge on any atom is 0.229 e. The van der Waals surface area contributed by atoms with Crippen molar-refractivity contribution in [2.45, 2.75) is 26.0 Å². The standard InChI is InChI=1S/C20H19ClN4O3/c1-2-27-18-9-13(16-10-19(26)24-20-22-12-23-25(16)20)7-8-17(18)28-11-14-5-3-4-6-15(14)21/h3-9,12,16H,2,10-11H2,1H3,(H,22,23,24,26)/t16-/m0/s1. The summed E-state index contributed by atoms with van der Waals surface area (Å²) < 4.78 is 13.4. The minimum atomic E-state index is -0.247. The number of nitrogens with zero attached hydrogens (tertiary/aromatic N) is 3. The SMILES string of the molecule is CCOc1cc([C@@H]2CC(=O)Nc3ncnn32)ccc1OCc1ccccc1Cl. The number of halogens is 1. The fraction of sp³-hybridized carbons (Fsp3) is 0.250. The zero-order valence-corrected chi connectivity index (χ0v) is 16.0. The highest BCUT2D eigenvalue weighted by atomic mass is 35.5. The molecule has 2 heterocycles. The minimum absolute atomic E-state index is 0.0949. The van der Waals surface area contributed by atoms with Crippen LogP contribution in [0.5, 0.6) is 11.5 Å². The van der Waals surface area contributed by atoms with Gasteiger partial charge in [0.15, 0.2) is 11.5 Å². The molecule has 0 aliphatic carbocycles. The summed E-state index contributed by atoms with van der Waals surface area (Å²) in [6, 6.07) is 13.0. The highest BCUT2D eigenvalue weighted by molar-refractivity contribution is 6.31. The Balaban J connectivity index is 1.61. The Labute approximate surface area is 167 Å². The topological polar surface area (TPSA) is 78.3 Å². The Morgan fingerprint density at radius 1 is 1.21 bits per heavy atom. The van der Waals surface area contributed by atoms with Gasteiger partial charge >= 0.3 is 0 Å². The van der Waals surface area contributed by atoms with Crippen molar-refractivity contribution in [3.63, 3.8) is 0 Å². The van der Waals surface area contributed by atoms with E-state index in [4.69, 9.17) is 21.1 Å². The number of carbonyl (C=O) groups is 1. The molecule has 1 aliphatic rings. The summed E-state index contributed by atoms with van der Waals surface area (Å²) >= 11 is 6.20. The van der Waals surface area contributed by atoms with E-state index in [0.29, 0.717) is 35.7 Å². The molecule has 7 nitrogen and oxygen atoms in total. The van der Waals surface area contributed by atoms with Crippen LogP contribution >= 0.6 is 11.6 Å². The number of benzene rings is 2. The van der Waals surface area contributed by atoms with Crippen LogP contribution in [0.4, 0.5) is 5.95 Å². The molecular formula is C20H19ClN4O3. The van der Waals surface area contributed by atoms with Gasteiger partial charge in [-0.25, -0.2) is 4.68 Å². The largest absolute Gasteiger partial charge is 0.490 e. The molecule has 1 aliphatic heterocycles. The fourth-order valence-corrected chi connectivity index (χ4v) is 3.35. The number of hydrogen-bond acceptors (Lipinski definition) is 5. The summed E-state index contributed by atoms with van der Waals surface area (Å²) in [5, 5.41) is 7.61. The number of ether oxygens (including phenoxy) is 2. The van der Waals surface area contributed by atoms with E-state index in [-0.39, 0.29) is 18.4 Å². The van der Waals surface area contributed by atoms with Gasteiger partial charge in [-0.1, -0.05) is 35.9 Å². The molecule has 1 aromatic heterocycles. The molecular weight excluding hydrogens is 380 g/mol. The number of carbonyl (C=O) groups excluding carboxylic acids is 1. The summed E-state index contributed by atoms with van der Waals surface area (Å²) in [6.07, 6.45) is 1.71. The van der Waals surface area contributed by atoms with Gasteiger partial charge in [0.1, 0.15) is 12.9 Å². The Bertz CT molecular complexity index is 1000. The van der Waals surface area contributed by atoms with Gasteiger partial charge < -0.3 is 9.47 Å². The summed E-state index contributed by atoms with van der Waals surface area (Å²) in [7, 11) is 0. The molecule has 1 amide bonds. The van der Waals surface area contributed by atoms with Gasteiger partial charge in [0, 0.05) is 10.6 Å². The van der Waals surface area contributed by atoms with Crippen LogP contribution in [0, 0.1) is 0 Å². The van der Waals surface area contributed by atoms with Crippen molar-refractivity contribution in [2.24, 2.45) is 0 Å². The Morgan fingerprint density at radius 3 is 2.89 bits per heavy atom. The molecule has 8 heteroatoms. The van der Waals surface area contributed by atoms with Crippen LogP contribution in [0.15, 0.2) is 48.8 Å². The highest BCUT2D eigenvalue weighted by Crippen LogP contribution is 2.35. The van der Waals surface area contributed by atoms with Crippen molar-refractivity contribution >= 4 is 23.5 Å². The normalized spacial score (nSPS) is 15.6. The van der Waals surface area contributed by atoms with Crippen molar-refractivity contribution in [3.8, 4) is 11.5 Å². The first-order valence-corrected chi connectivity index (χ1v) is 9.36.